The van der Waals surface area contributed by atoms with E-state index in [0.717, 1.165) is 18.6 Å². The fourth-order valence-electron chi connectivity index (χ4n) is 3.41. The van der Waals surface area contributed by atoms with Gasteiger partial charge in [0.15, 0.2) is 0 Å². The third-order valence-corrected chi connectivity index (χ3v) is 5.08. The van der Waals surface area contributed by atoms with Crippen LogP contribution in [-0.2, 0) is 15.7 Å². The van der Waals surface area contributed by atoms with Gasteiger partial charge in [-0.2, -0.15) is 13.2 Å². The number of allylic oxidation sites excluding steroid dienone is 2. The molecule has 2 rings (SSSR count). The molecule has 0 saturated heterocycles. The van der Waals surface area contributed by atoms with Crippen LogP contribution >= 0.6 is 0 Å². The number of aliphatic hydroxyl groups is 3. The number of carbonyl (C=O) groups excluding carboxylic acids is 1. The van der Waals surface area contributed by atoms with Crippen LogP contribution in [0, 0.1) is 5.92 Å². The lowest BCUT2D eigenvalue weighted by Gasteiger charge is -2.21. The fourth-order valence-corrected chi connectivity index (χ4v) is 3.41. The molecule has 1 aromatic carbocycles. The van der Waals surface area contributed by atoms with Crippen LogP contribution in [0.1, 0.15) is 38.2 Å². The molecule has 0 unspecified atom stereocenters. The largest absolute Gasteiger partial charge is 0.491 e. The number of halogens is 3. The maximum atomic E-state index is 12.8. The minimum atomic E-state index is -4.50. The van der Waals surface area contributed by atoms with Crippen LogP contribution in [0.2, 0.25) is 0 Å². The van der Waals surface area contributed by atoms with Crippen molar-refractivity contribution in [3.63, 3.8) is 0 Å². The molecule has 0 heterocycles. The van der Waals surface area contributed by atoms with Crippen molar-refractivity contribution < 1.29 is 42.8 Å². The normalized spacial score (nSPS) is 24.8. The molecule has 1 aliphatic rings. The van der Waals surface area contributed by atoms with Gasteiger partial charge in [-0.05, 0) is 38.0 Å². The molecule has 1 saturated carbocycles. The smallest absolute Gasteiger partial charge is 0.416 e. The Labute approximate surface area is 185 Å². The Morgan fingerprint density at radius 2 is 2.03 bits per heavy atom. The molecular weight excluding hydrogens is 429 g/mol. The third-order valence-electron chi connectivity index (χ3n) is 5.08. The summed E-state index contributed by atoms with van der Waals surface area (Å²) in [7, 11) is 0. The topological polar surface area (TPSA) is 96.2 Å². The lowest BCUT2D eigenvalue weighted by Crippen LogP contribution is -2.32. The van der Waals surface area contributed by atoms with Crippen LogP contribution in [0.5, 0.6) is 5.75 Å². The van der Waals surface area contributed by atoms with Crippen molar-refractivity contribution in [2.24, 2.45) is 5.92 Å². The lowest BCUT2D eigenvalue weighted by atomic mass is 10.0. The van der Waals surface area contributed by atoms with Gasteiger partial charge in [-0.15, -0.1) is 0 Å². The first kappa shape index (κ1) is 25.9. The van der Waals surface area contributed by atoms with Crippen LogP contribution in [0.15, 0.2) is 48.6 Å². The number of benzene rings is 1. The first-order valence-electron chi connectivity index (χ1n) is 10.4. The van der Waals surface area contributed by atoms with Gasteiger partial charge in [0.25, 0.3) is 0 Å². The molecule has 9 heteroatoms. The number of unbranched alkanes of at least 4 members (excludes halogenated alkanes) is 1. The molecule has 6 nitrogen and oxygen atoms in total. The molecule has 0 bridgehead atoms. The number of hydrogen-bond acceptors (Lipinski definition) is 6. The Kier molecular flexibility index (Phi) is 9.74. The highest BCUT2D eigenvalue weighted by Gasteiger charge is 2.43. The quantitative estimate of drug-likeness (QED) is 0.283. The predicted molar refractivity (Wildman–Crippen MR) is 111 cm³/mol. The number of hydrogen-bond donors (Lipinski definition) is 3. The summed E-state index contributed by atoms with van der Waals surface area (Å²) in [6.45, 7) is 1.56. The van der Waals surface area contributed by atoms with E-state index in [9.17, 15) is 33.3 Å². The molecule has 5 atom stereocenters. The number of rotatable bonds is 10. The van der Waals surface area contributed by atoms with Crippen LogP contribution in [0.4, 0.5) is 13.2 Å². The van der Waals surface area contributed by atoms with E-state index >= 15 is 0 Å². The summed E-state index contributed by atoms with van der Waals surface area (Å²) >= 11 is 0. The molecule has 1 fully saturated rings. The van der Waals surface area contributed by atoms with Gasteiger partial charge in [0.1, 0.15) is 24.6 Å². The summed E-state index contributed by atoms with van der Waals surface area (Å²) in [6.07, 6.45) is -0.614. The zero-order valence-corrected chi connectivity index (χ0v) is 17.7. The Morgan fingerprint density at radius 3 is 2.72 bits per heavy atom. The second kappa shape index (κ2) is 12.0. The van der Waals surface area contributed by atoms with E-state index in [1.165, 1.54) is 24.3 Å². The fraction of sp³-hybridized carbons (Fsp3) is 0.522. The van der Waals surface area contributed by atoms with Crippen LogP contribution in [0.25, 0.3) is 0 Å². The summed E-state index contributed by atoms with van der Waals surface area (Å²) in [5, 5.41) is 30.4. The number of ether oxygens (including phenoxy) is 2. The maximum Gasteiger partial charge on any atom is 0.416 e. The second-order valence-electron chi connectivity index (χ2n) is 7.65. The van der Waals surface area contributed by atoms with E-state index in [-0.39, 0.29) is 25.2 Å². The van der Waals surface area contributed by atoms with E-state index in [2.05, 4.69) is 0 Å². The number of aliphatic hydroxyl groups excluding tert-OH is 3. The van der Waals surface area contributed by atoms with Crippen molar-refractivity contribution in [1.82, 2.24) is 0 Å². The van der Waals surface area contributed by atoms with Gasteiger partial charge < -0.3 is 24.8 Å². The maximum absolute atomic E-state index is 12.8. The van der Waals surface area contributed by atoms with Crippen molar-refractivity contribution in [2.75, 3.05) is 6.61 Å². The molecule has 0 radical (unpaired) electrons. The van der Waals surface area contributed by atoms with Crippen molar-refractivity contribution in [1.29, 1.82) is 0 Å². The summed E-state index contributed by atoms with van der Waals surface area (Å²) in [5.41, 5.74) is -0.863. The molecule has 0 spiro atoms. The first-order chi connectivity index (χ1) is 15.1. The van der Waals surface area contributed by atoms with E-state index in [4.69, 9.17) is 9.47 Å². The van der Waals surface area contributed by atoms with Crippen molar-refractivity contribution in [3.05, 3.63) is 54.1 Å². The average Bonchev–Trinajstić information content (AvgIpc) is 3.00. The molecule has 178 valence electrons. The highest BCUT2D eigenvalue weighted by Crippen LogP contribution is 2.32. The van der Waals surface area contributed by atoms with E-state index in [1.807, 2.05) is 19.1 Å². The van der Waals surface area contributed by atoms with E-state index in [1.54, 1.807) is 0 Å². The Hall–Kier alpha value is -2.36. The lowest BCUT2D eigenvalue weighted by molar-refractivity contribution is -0.155. The van der Waals surface area contributed by atoms with Crippen LogP contribution in [-0.4, -0.2) is 52.3 Å². The Morgan fingerprint density at radius 1 is 1.28 bits per heavy atom. The van der Waals surface area contributed by atoms with Gasteiger partial charge in [-0.25, -0.2) is 0 Å². The van der Waals surface area contributed by atoms with Gasteiger partial charge in [-0.1, -0.05) is 30.4 Å². The van der Waals surface area contributed by atoms with Crippen molar-refractivity contribution in [2.45, 2.75) is 63.2 Å². The first-order valence-corrected chi connectivity index (χ1v) is 10.4. The predicted octanol–water partition coefficient (Wildman–Crippen LogP) is 3.40. The summed E-state index contributed by atoms with van der Waals surface area (Å²) in [5.74, 6) is -1.26. The zero-order valence-electron chi connectivity index (χ0n) is 17.7. The summed E-state index contributed by atoms with van der Waals surface area (Å²) in [4.78, 5) is 12.0. The number of alkyl halides is 3. The summed E-state index contributed by atoms with van der Waals surface area (Å²) < 4.78 is 48.8. The van der Waals surface area contributed by atoms with Gasteiger partial charge >= 0.3 is 12.1 Å². The Balaban J connectivity index is 1.90. The van der Waals surface area contributed by atoms with E-state index in [0.29, 0.717) is 6.42 Å². The SMILES string of the molecule is CC=CCCCC(=O)O[C@@H]1[C@H](/C=C/[C@@H](O)COc2cccc(C(F)(F)F)c2)[C@H](O)C[C@@H]1O. The minimum absolute atomic E-state index is 0.0162. The minimum Gasteiger partial charge on any atom is -0.491 e. The molecule has 0 aromatic heterocycles. The standard InChI is InChI=1S/C23H29F3O6/c1-2-3-4-5-9-21(30)32-22-18(19(28)13-20(22)29)11-10-16(27)14-31-17-8-6-7-15(12-17)23(24,25)26/h2-3,6-8,10-12,16,18-20,22,27-29H,4-5,9,13-14H2,1H3/b3-2?,11-10+/t16-,18-,19-,20+,22-/m1/s1. The number of carbonyl (C=O) groups is 1. The molecule has 0 amide bonds. The van der Waals surface area contributed by atoms with Gasteiger partial charge in [0, 0.05) is 18.8 Å². The Bertz CT molecular complexity index is 792. The molecule has 1 aliphatic carbocycles. The molecule has 1 aromatic rings. The molecular formula is C23H29F3O6. The highest BCUT2D eigenvalue weighted by atomic mass is 19.4. The second-order valence-corrected chi connectivity index (χ2v) is 7.65. The van der Waals surface area contributed by atoms with Gasteiger partial charge in [-0.3, -0.25) is 4.79 Å². The van der Waals surface area contributed by atoms with Gasteiger partial charge in [0.2, 0.25) is 0 Å². The average molecular weight is 458 g/mol. The van der Waals surface area contributed by atoms with E-state index < -0.39 is 48.0 Å². The summed E-state index contributed by atoms with van der Waals surface area (Å²) in [6, 6.07) is 4.29. The molecule has 0 aliphatic heterocycles. The van der Waals surface area contributed by atoms with Crippen molar-refractivity contribution in [3.8, 4) is 5.75 Å². The van der Waals surface area contributed by atoms with Crippen molar-refractivity contribution >= 4 is 5.97 Å². The van der Waals surface area contributed by atoms with Crippen LogP contribution < -0.4 is 4.74 Å². The molecule has 32 heavy (non-hydrogen) atoms. The monoisotopic (exact) mass is 458 g/mol. The third kappa shape index (κ3) is 7.96. The zero-order chi connectivity index (χ0) is 23.7. The molecule has 3 N–H and O–H groups in total. The highest BCUT2D eigenvalue weighted by molar-refractivity contribution is 5.69. The van der Waals surface area contributed by atoms with Gasteiger partial charge in [0.05, 0.1) is 17.8 Å². The number of esters is 1. The van der Waals surface area contributed by atoms with Crippen LogP contribution in [0.3, 0.4) is 0 Å².